The molecule has 1 aliphatic heterocycles. The first-order chi connectivity index (χ1) is 13.4. The number of imidazole rings is 1. The number of nitrogens with one attached hydrogen (secondary N) is 1. The molecule has 28 heavy (non-hydrogen) atoms. The Balaban J connectivity index is 1.68. The van der Waals surface area contributed by atoms with Crippen LogP contribution in [0.15, 0.2) is 35.5 Å². The van der Waals surface area contributed by atoms with Crippen molar-refractivity contribution >= 4 is 11.9 Å². The largest absolute Gasteiger partial charge is 0.367 e. The van der Waals surface area contributed by atoms with Gasteiger partial charge in [-0.2, -0.15) is 0 Å². The highest BCUT2D eigenvalue weighted by Gasteiger charge is 2.28. The molecule has 3 rings (SSSR count). The molecule has 1 fully saturated rings. The van der Waals surface area contributed by atoms with Crippen LogP contribution < -0.4 is 10.2 Å². The quantitative estimate of drug-likeness (QED) is 0.643. The number of benzene rings is 1. The number of aromatic nitrogens is 2. The highest BCUT2D eigenvalue weighted by Crippen LogP contribution is 2.25. The van der Waals surface area contributed by atoms with Crippen LogP contribution >= 0.6 is 0 Å². The molecule has 2 heterocycles. The summed E-state index contributed by atoms with van der Waals surface area (Å²) in [5.74, 6) is 1.48. The summed E-state index contributed by atoms with van der Waals surface area (Å²) in [6.07, 6.45) is 1.79. The van der Waals surface area contributed by atoms with Gasteiger partial charge in [-0.3, -0.25) is 4.99 Å². The molecule has 7 nitrogen and oxygen atoms in total. The number of guanidine groups is 1. The number of morpholine rings is 1. The third kappa shape index (κ3) is 4.44. The molecule has 0 saturated carbocycles. The van der Waals surface area contributed by atoms with Crippen LogP contribution in [-0.2, 0) is 18.3 Å². The average molecular weight is 388 g/mol. The van der Waals surface area contributed by atoms with E-state index in [1.807, 2.05) is 39.2 Å². The lowest BCUT2D eigenvalue weighted by molar-refractivity contribution is -0.0605. The van der Waals surface area contributed by atoms with Gasteiger partial charge in [0.25, 0.3) is 0 Å². The fraction of sp³-hybridized carbons (Fsp3) is 0.500. The van der Waals surface area contributed by atoms with E-state index >= 15 is 0 Å². The van der Waals surface area contributed by atoms with Gasteiger partial charge in [0.05, 0.1) is 31.1 Å². The van der Waals surface area contributed by atoms with Crippen molar-refractivity contribution in [2.45, 2.75) is 25.7 Å². The first-order valence-corrected chi connectivity index (χ1v) is 9.43. The van der Waals surface area contributed by atoms with Crippen molar-refractivity contribution in [2.75, 3.05) is 39.1 Å². The molecule has 1 aromatic heterocycles. The fourth-order valence-electron chi connectivity index (χ4n) is 3.50. The summed E-state index contributed by atoms with van der Waals surface area (Å²) in [6, 6.07) is 6.51. The van der Waals surface area contributed by atoms with Crippen LogP contribution in [0.4, 0.5) is 10.3 Å². The summed E-state index contributed by atoms with van der Waals surface area (Å²) >= 11 is 0. The summed E-state index contributed by atoms with van der Waals surface area (Å²) in [5.41, 5.74) is 2.04. The summed E-state index contributed by atoms with van der Waals surface area (Å²) < 4.78 is 21.4. The standard InChI is InChI=1S/C20H29FN6O/c1-14-12-27(13-18(28-14)15-6-8-16(21)9-7-15)19(22-2)23-10-17-11-24-20(25(3)4)26(17)5/h6-9,11,14,18H,10,12-13H2,1-5H3,(H,22,23). The second-order valence-electron chi connectivity index (χ2n) is 7.30. The SMILES string of the molecule is CN=C(NCc1cnc(N(C)C)n1C)N1CC(C)OC(c2ccc(F)cc2)C1. The smallest absolute Gasteiger partial charge is 0.204 e. The molecular formula is C20H29FN6O. The Morgan fingerprint density at radius 1 is 1.32 bits per heavy atom. The lowest BCUT2D eigenvalue weighted by Crippen LogP contribution is -2.50. The Bertz CT molecular complexity index is 817. The zero-order valence-corrected chi connectivity index (χ0v) is 17.2. The van der Waals surface area contributed by atoms with Crippen molar-refractivity contribution in [3.63, 3.8) is 0 Å². The van der Waals surface area contributed by atoms with Gasteiger partial charge < -0.3 is 24.4 Å². The van der Waals surface area contributed by atoms with Gasteiger partial charge in [0, 0.05) is 34.7 Å². The summed E-state index contributed by atoms with van der Waals surface area (Å²) in [7, 11) is 7.74. The van der Waals surface area contributed by atoms with Gasteiger partial charge >= 0.3 is 0 Å². The van der Waals surface area contributed by atoms with Gasteiger partial charge in [0.15, 0.2) is 5.96 Å². The number of aliphatic imine (C=N–C) groups is 1. The highest BCUT2D eigenvalue weighted by atomic mass is 19.1. The first kappa shape index (κ1) is 20.1. The van der Waals surface area contributed by atoms with Crippen LogP contribution in [0.25, 0.3) is 0 Å². The number of ether oxygens (including phenoxy) is 1. The summed E-state index contributed by atoms with van der Waals surface area (Å²) in [4.78, 5) is 13.1. The van der Waals surface area contributed by atoms with Crippen molar-refractivity contribution in [2.24, 2.45) is 12.0 Å². The van der Waals surface area contributed by atoms with Gasteiger partial charge in [-0.25, -0.2) is 9.37 Å². The average Bonchev–Trinajstić information content (AvgIpc) is 3.03. The number of hydrogen-bond donors (Lipinski definition) is 1. The fourth-order valence-corrected chi connectivity index (χ4v) is 3.50. The molecule has 152 valence electrons. The predicted molar refractivity (Wildman–Crippen MR) is 109 cm³/mol. The third-order valence-corrected chi connectivity index (χ3v) is 4.90. The van der Waals surface area contributed by atoms with E-state index in [1.165, 1.54) is 12.1 Å². The molecule has 1 aromatic carbocycles. The second-order valence-corrected chi connectivity index (χ2v) is 7.30. The van der Waals surface area contributed by atoms with Crippen LogP contribution in [-0.4, -0.2) is 60.7 Å². The zero-order chi connectivity index (χ0) is 20.3. The number of halogens is 1. The molecule has 0 radical (unpaired) electrons. The number of rotatable bonds is 4. The molecule has 1 aliphatic rings. The zero-order valence-electron chi connectivity index (χ0n) is 17.2. The Morgan fingerprint density at radius 3 is 2.64 bits per heavy atom. The summed E-state index contributed by atoms with van der Waals surface area (Å²) in [6.45, 7) is 4.06. The minimum Gasteiger partial charge on any atom is -0.367 e. The second kappa shape index (κ2) is 8.60. The van der Waals surface area contributed by atoms with Crippen LogP contribution in [0.2, 0.25) is 0 Å². The molecular weight excluding hydrogens is 359 g/mol. The van der Waals surface area contributed by atoms with E-state index in [9.17, 15) is 4.39 Å². The highest BCUT2D eigenvalue weighted by molar-refractivity contribution is 5.80. The van der Waals surface area contributed by atoms with E-state index in [0.717, 1.165) is 29.7 Å². The van der Waals surface area contributed by atoms with E-state index in [1.54, 1.807) is 19.2 Å². The Morgan fingerprint density at radius 2 is 2.04 bits per heavy atom. The van der Waals surface area contributed by atoms with Crippen LogP contribution in [0, 0.1) is 5.82 Å². The predicted octanol–water partition coefficient (Wildman–Crippen LogP) is 2.16. The maximum Gasteiger partial charge on any atom is 0.204 e. The normalized spacial score (nSPS) is 20.4. The minimum absolute atomic E-state index is 0.0411. The minimum atomic E-state index is -0.241. The Hall–Kier alpha value is -2.61. The maximum absolute atomic E-state index is 13.2. The van der Waals surface area contributed by atoms with Gasteiger partial charge in [0.1, 0.15) is 11.9 Å². The molecule has 0 bridgehead atoms. The Kier molecular flexibility index (Phi) is 6.18. The molecule has 1 N–H and O–H groups in total. The lowest BCUT2D eigenvalue weighted by Gasteiger charge is -2.38. The van der Waals surface area contributed by atoms with Crippen molar-refractivity contribution in [1.82, 2.24) is 19.8 Å². The molecule has 2 unspecified atom stereocenters. The monoisotopic (exact) mass is 388 g/mol. The van der Waals surface area contributed by atoms with Crippen molar-refractivity contribution < 1.29 is 9.13 Å². The van der Waals surface area contributed by atoms with Gasteiger partial charge in [0.2, 0.25) is 5.95 Å². The Labute approximate surface area is 165 Å². The molecule has 0 aliphatic carbocycles. The van der Waals surface area contributed by atoms with Crippen LogP contribution in [0.5, 0.6) is 0 Å². The number of nitrogens with zero attached hydrogens (tertiary/aromatic N) is 5. The van der Waals surface area contributed by atoms with E-state index in [4.69, 9.17) is 4.74 Å². The van der Waals surface area contributed by atoms with Gasteiger partial charge in [-0.05, 0) is 24.6 Å². The topological polar surface area (TPSA) is 57.9 Å². The molecule has 8 heteroatoms. The van der Waals surface area contributed by atoms with E-state index < -0.39 is 0 Å². The van der Waals surface area contributed by atoms with E-state index in [2.05, 4.69) is 24.8 Å². The van der Waals surface area contributed by atoms with Gasteiger partial charge in [-0.1, -0.05) is 12.1 Å². The van der Waals surface area contributed by atoms with Crippen molar-refractivity contribution in [1.29, 1.82) is 0 Å². The van der Waals surface area contributed by atoms with E-state index in [-0.39, 0.29) is 18.0 Å². The molecule has 2 atom stereocenters. The molecule has 0 spiro atoms. The lowest BCUT2D eigenvalue weighted by atomic mass is 10.1. The first-order valence-electron chi connectivity index (χ1n) is 9.43. The van der Waals surface area contributed by atoms with Crippen molar-refractivity contribution in [3.05, 3.63) is 47.5 Å². The van der Waals surface area contributed by atoms with Crippen molar-refractivity contribution in [3.8, 4) is 0 Å². The van der Waals surface area contributed by atoms with Crippen LogP contribution in [0.3, 0.4) is 0 Å². The van der Waals surface area contributed by atoms with E-state index in [0.29, 0.717) is 13.1 Å². The summed E-state index contributed by atoms with van der Waals surface area (Å²) in [5, 5.41) is 3.43. The number of hydrogen-bond acceptors (Lipinski definition) is 4. The molecule has 1 saturated heterocycles. The van der Waals surface area contributed by atoms with Gasteiger partial charge in [-0.15, -0.1) is 0 Å². The van der Waals surface area contributed by atoms with Crippen LogP contribution in [0.1, 0.15) is 24.3 Å². The number of anilines is 1. The molecule has 0 amide bonds. The molecule has 2 aromatic rings. The maximum atomic E-state index is 13.2. The third-order valence-electron chi connectivity index (χ3n) is 4.90.